The standard InChI is InChI=1S/C20H24BrN7O/c1-3-27-11-15(21)19(25-27)17-6-7-22-18-10-16(24-28(17)18)20(29)23-12-8-13-4-5-14(9-12)26(13)2/h6-7,10-14H,3-5,8-9H2,1-2H3,(H,23,29). The Balaban J connectivity index is 1.41. The third-order valence-corrected chi connectivity index (χ3v) is 6.89. The number of amides is 1. The number of nitrogens with zero attached hydrogens (tertiary/aromatic N) is 6. The summed E-state index contributed by atoms with van der Waals surface area (Å²) in [6.07, 6.45) is 8.14. The van der Waals surface area contributed by atoms with Gasteiger partial charge in [0.1, 0.15) is 5.69 Å². The summed E-state index contributed by atoms with van der Waals surface area (Å²) in [5.41, 5.74) is 2.60. The summed E-state index contributed by atoms with van der Waals surface area (Å²) < 4.78 is 4.44. The van der Waals surface area contributed by atoms with E-state index in [9.17, 15) is 4.79 Å². The van der Waals surface area contributed by atoms with Crippen molar-refractivity contribution >= 4 is 27.5 Å². The van der Waals surface area contributed by atoms with E-state index in [0.717, 1.165) is 35.2 Å². The first kappa shape index (κ1) is 18.7. The average molecular weight is 458 g/mol. The van der Waals surface area contributed by atoms with Gasteiger partial charge in [0.2, 0.25) is 0 Å². The highest BCUT2D eigenvalue weighted by atomic mass is 79.9. The molecule has 0 spiro atoms. The second kappa shape index (κ2) is 7.21. The minimum absolute atomic E-state index is 0.131. The van der Waals surface area contributed by atoms with E-state index in [1.165, 1.54) is 12.8 Å². The van der Waals surface area contributed by atoms with Crippen LogP contribution >= 0.6 is 15.9 Å². The van der Waals surface area contributed by atoms with E-state index in [1.807, 2.05) is 23.9 Å². The van der Waals surface area contributed by atoms with E-state index in [1.54, 1.807) is 16.8 Å². The molecular formula is C20H24BrN7O. The topological polar surface area (TPSA) is 80.4 Å². The number of aryl methyl sites for hydroxylation is 1. The number of aromatic nitrogens is 5. The fourth-order valence-corrected chi connectivity index (χ4v) is 5.23. The second-order valence-corrected chi connectivity index (χ2v) is 8.86. The summed E-state index contributed by atoms with van der Waals surface area (Å²) in [4.78, 5) is 19.8. The molecule has 2 fully saturated rings. The molecule has 5 rings (SSSR count). The Morgan fingerprint density at radius 1 is 1.28 bits per heavy atom. The van der Waals surface area contributed by atoms with Crippen LogP contribution < -0.4 is 5.32 Å². The van der Waals surface area contributed by atoms with Crippen LogP contribution in [0.2, 0.25) is 0 Å². The molecule has 2 aliphatic rings. The van der Waals surface area contributed by atoms with E-state index in [2.05, 4.69) is 48.4 Å². The maximum Gasteiger partial charge on any atom is 0.272 e. The lowest BCUT2D eigenvalue weighted by Gasteiger charge is -2.36. The SMILES string of the molecule is CCn1cc(Br)c(-c2ccnc3cc(C(=O)NC4CC5CCC(C4)N5C)nn23)n1. The van der Waals surface area contributed by atoms with Crippen LogP contribution in [0.5, 0.6) is 0 Å². The number of carbonyl (C=O) groups excluding carboxylic acids is 1. The summed E-state index contributed by atoms with van der Waals surface area (Å²) in [5.74, 6) is -0.131. The number of hydrogen-bond acceptors (Lipinski definition) is 5. The number of hydrogen-bond donors (Lipinski definition) is 1. The fraction of sp³-hybridized carbons (Fsp3) is 0.500. The molecule has 2 atom stereocenters. The molecule has 1 N–H and O–H groups in total. The Morgan fingerprint density at radius 2 is 2.03 bits per heavy atom. The summed E-state index contributed by atoms with van der Waals surface area (Å²) in [6.45, 7) is 2.81. The van der Waals surface area contributed by atoms with Crippen molar-refractivity contribution in [3.05, 3.63) is 34.7 Å². The highest BCUT2D eigenvalue weighted by Crippen LogP contribution is 2.34. The van der Waals surface area contributed by atoms with Crippen LogP contribution in [0.1, 0.15) is 43.1 Å². The first-order valence-electron chi connectivity index (χ1n) is 10.1. The van der Waals surface area contributed by atoms with Gasteiger partial charge in [0.05, 0.1) is 10.2 Å². The summed E-state index contributed by atoms with van der Waals surface area (Å²) >= 11 is 3.58. The van der Waals surface area contributed by atoms with Crippen molar-refractivity contribution in [2.75, 3.05) is 7.05 Å². The number of halogens is 1. The van der Waals surface area contributed by atoms with Gasteiger partial charge in [-0.05, 0) is 61.7 Å². The van der Waals surface area contributed by atoms with Crippen LogP contribution in [0.25, 0.3) is 17.0 Å². The number of carbonyl (C=O) groups is 1. The van der Waals surface area contributed by atoms with Crippen molar-refractivity contribution in [3.63, 3.8) is 0 Å². The third-order valence-electron chi connectivity index (χ3n) is 6.31. The molecule has 0 radical (unpaired) electrons. The molecule has 9 heteroatoms. The number of nitrogens with one attached hydrogen (secondary N) is 1. The van der Waals surface area contributed by atoms with Gasteiger partial charge in [0.25, 0.3) is 5.91 Å². The minimum atomic E-state index is -0.131. The maximum atomic E-state index is 12.9. The molecule has 3 aromatic rings. The van der Waals surface area contributed by atoms with Gasteiger partial charge in [0, 0.05) is 43.1 Å². The number of rotatable bonds is 4. The summed E-state index contributed by atoms with van der Waals surface area (Å²) in [7, 11) is 2.20. The van der Waals surface area contributed by atoms with Gasteiger partial charge < -0.3 is 10.2 Å². The van der Waals surface area contributed by atoms with Crippen LogP contribution in [0.4, 0.5) is 0 Å². The lowest BCUT2D eigenvalue weighted by atomic mass is 9.98. The van der Waals surface area contributed by atoms with Crippen molar-refractivity contribution in [2.45, 2.75) is 57.3 Å². The monoisotopic (exact) mass is 457 g/mol. The third kappa shape index (κ3) is 3.26. The average Bonchev–Trinajstić information content (AvgIpc) is 3.36. The normalized spacial score (nSPS) is 24.3. The van der Waals surface area contributed by atoms with Crippen molar-refractivity contribution < 1.29 is 4.79 Å². The molecule has 2 saturated heterocycles. The lowest BCUT2D eigenvalue weighted by Crippen LogP contribution is -2.48. The first-order valence-corrected chi connectivity index (χ1v) is 10.9. The van der Waals surface area contributed by atoms with Gasteiger partial charge in [-0.2, -0.15) is 10.2 Å². The van der Waals surface area contributed by atoms with Gasteiger partial charge in [-0.1, -0.05) is 0 Å². The molecular weight excluding hydrogens is 434 g/mol. The van der Waals surface area contributed by atoms with E-state index in [0.29, 0.717) is 23.4 Å². The van der Waals surface area contributed by atoms with E-state index in [-0.39, 0.29) is 11.9 Å². The molecule has 0 aromatic carbocycles. The van der Waals surface area contributed by atoms with Crippen LogP contribution in [0, 0.1) is 0 Å². The predicted octanol–water partition coefficient (Wildman–Crippen LogP) is 2.73. The van der Waals surface area contributed by atoms with Crippen LogP contribution in [-0.2, 0) is 6.54 Å². The van der Waals surface area contributed by atoms with Gasteiger partial charge >= 0.3 is 0 Å². The molecule has 2 bridgehead atoms. The molecule has 29 heavy (non-hydrogen) atoms. The zero-order chi connectivity index (χ0) is 20.1. The number of fused-ring (bicyclic) bond motifs is 3. The molecule has 152 valence electrons. The zero-order valence-corrected chi connectivity index (χ0v) is 18.1. The van der Waals surface area contributed by atoms with Crippen molar-refractivity contribution in [2.24, 2.45) is 0 Å². The summed E-state index contributed by atoms with van der Waals surface area (Å²) in [5, 5.41) is 12.4. The van der Waals surface area contributed by atoms with Crippen molar-refractivity contribution in [3.8, 4) is 11.4 Å². The van der Waals surface area contributed by atoms with Crippen LogP contribution in [0.15, 0.2) is 29.0 Å². The quantitative estimate of drug-likeness (QED) is 0.651. The van der Waals surface area contributed by atoms with E-state index in [4.69, 9.17) is 0 Å². The first-order chi connectivity index (χ1) is 14.0. The predicted molar refractivity (Wildman–Crippen MR) is 113 cm³/mol. The molecule has 0 saturated carbocycles. The smallest absolute Gasteiger partial charge is 0.272 e. The zero-order valence-electron chi connectivity index (χ0n) is 16.5. The Morgan fingerprint density at radius 3 is 2.72 bits per heavy atom. The van der Waals surface area contributed by atoms with E-state index >= 15 is 0 Å². The largest absolute Gasteiger partial charge is 0.348 e. The van der Waals surface area contributed by atoms with Crippen molar-refractivity contribution in [1.82, 2.24) is 34.6 Å². The number of piperidine rings is 1. The summed E-state index contributed by atoms with van der Waals surface area (Å²) in [6, 6.07) is 4.98. The van der Waals surface area contributed by atoms with Crippen LogP contribution in [0.3, 0.4) is 0 Å². The van der Waals surface area contributed by atoms with Gasteiger partial charge in [-0.3, -0.25) is 9.48 Å². The van der Waals surface area contributed by atoms with Gasteiger partial charge in [-0.15, -0.1) is 0 Å². The Hall–Kier alpha value is -2.26. The molecule has 1 amide bonds. The molecule has 2 aliphatic heterocycles. The molecule has 8 nitrogen and oxygen atoms in total. The Bertz CT molecular complexity index is 1060. The van der Waals surface area contributed by atoms with Crippen molar-refractivity contribution in [1.29, 1.82) is 0 Å². The molecule has 5 heterocycles. The second-order valence-electron chi connectivity index (χ2n) is 8.00. The molecule has 3 aromatic heterocycles. The Kier molecular flexibility index (Phi) is 4.66. The minimum Gasteiger partial charge on any atom is -0.348 e. The van der Waals surface area contributed by atoms with E-state index < -0.39 is 0 Å². The van der Waals surface area contributed by atoms with Crippen LogP contribution in [-0.4, -0.2) is 60.4 Å². The van der Waals surface area contributed by atoms with Gasteiger partial charge in [-0.25, -0.2) is 9.50 Å². The maximum absolute atomic E-state index is 12.9. The Labute approximate surface area is 177 Å². The van der Waals surface area contributed by atoms with Gasteiger partial charge in [0.15, 0.2) is 11.3 Å². The fourth-order valence-electron chi connectivity index (χ4n) is 4.71. The highest BCUT2D eigenvalue weighted by Gasteiger charge is 2.39. The molecule has 2 unspecified atom stereocenters. The lowest BCUT2D eigenvalue weighted by molar-refractivity contribution is 0.0877. The molecule has 0 aliphatic carbocycles. The highest BCUT2D eigenvalue weighted by molar-refractivity contribution is 9.10.